The van der Waals surface area contributed by atoms with Gasteiger partial charge in [-0.3, -0.25) is 0 Å². The third kappa shape index (κ3) is 5.53. The summed E-state index contributed by atoms with van der Waals surface area (Å²) in [7, 11) is 1.62. The largest absolute Gasteiger partial charge is 0.495 e. The van der Waals surface area contributed by atoms with E-state index >= 15 is 0 Å². The number of hydrogen-bond donors (Lipinski definition) is 1. The Morgan fingerprint density at radius 1 is 1.09 bits per heavy atom. The van der Waals surface area contributed by atoms with Crippen molar-refractivity contribution >= 4 is 23.2 Å². The summed E-state index contributed by atoms with van der Waals surface area (Å²) in [5.41, 5.74) is 0.914. The second kappa shape index (κ2) is 10.6. The molecule has 1 saturated heterocycles. The molecule has 6 heteroatoms. The lowest BCUT2D eigenvalue weighted by Gasteiger charge is -2.50. The summed E-state index contributed by atoms with van der Waals surface area (Å²) in [4.78, 5) is 2.42. The van der Waals surface area contributed by atoms with Crippen LogP contribution in [0.5, 0.6) is 11.5 Å². The van der Waals surface area contributed by atoms with Crippen LogP contribution in [0.4, 0.5) is 0 Å². The SMILES string of the molecule is CCCc1cc(Cl)c(OC)cc1OCCCN1CCC(O)(c2ccc(Cl)cc2)C(C)(C)C1. The highest BCUT2D eigenvalue weighted by Crippen LogP contribution is 2.46. The molecule has 32 heavy (non-hydrogen) atoms. The molecule has 1 atom stereocenters. The maximum Gasteiger partial charge on any atom is 0.141 e. The maximum absolute atomic E-state index is 11.5. The first kappa shape index (κ1) is 25.2. The van der Waals surface area contributed by atoms with Gasteiger partial charge in [0.1, 0.15) is 11.5 Å². The fourth-order valence-corrected chi connectivity index (χ4v) is 5.07. The first-order chi connectivity index (χ1) is 15.2. The molecule has 176 valence electrons. The van der Waals surface area contributed by atoms with E-state index in [1.165, 1.54) is 0 Å². The van der Waals surface area contributed by atoms with E-state index in [9.17, 15) is 5.11 Å². The number of halogens is 2. The van der Waals surface area contributed by atoms with Crippen LogP contribution < -0.4 is 9.47 Å². The minimum absolute atomic E-state index is 0.280. The van der Waals surface area contributed by atoms with Crippen LogP contribution in [0.15, 0.2) is 36.4 Å². The molecule has 4 nitrogen and oxygen atoms in total. The molecular weight excluding hydrogens is 445 g/mol. The number of rotatable bonds is 9. The smallest absolute Gasteiger partial charge is 0.141 e. The van der Waals surface area contributed by atoms with Crippen LogP contribution >= 0.6 is 23.2 Å². The first-order valence-corrected chi connectivity index (χ1v) is 12.2. The van der Waals surface area contributed by atoms with Crippen LogP contribution in [-0.4, -0.2) is 43.4 Å². The maximum atomic E-state index is 11.5. The molecule has 0 radical (unpaired) electrons. The Bertz CT molecular complexity index is 901. The van der Waals surface area contributed by atoms with Crippen LogP contribution in [0.25, 0.3) is 0 Å². The Labute approximate surface area is 202 Å². The zero-order valence-electron chi connectivity index (χ0n) is 19.6. The summed E-state index contributed by atoms with van der Waals surface area (Å²) in [6, 6.07) is 11.4. The van der Waals surface area contributed by atoms with E-state index < -0.39 is 5.60 Å². The van der Waals surface area contributed by atoms with Crippen LogP contribution in [-0.2, 0) is 12.0 Å². The van der Waals surface area contributed by atoms with Crippen LogP contribution in [0, 0.1) is 5.41 Å². The normalized spacial score (nSPS) is 20.8. The lowest BCUT2D eigenvalue weighted by atomic mass is 9.66. The Balaban J connectivity index is 1.56. The van der Waals surface area contributed by atoms with Crippen LogP contribution in [0.3, 0.4) is 0 Å². The molecule has 0 bridgehead atoms. The summed E-state index contributed by atoms with van der Waals surface area (Å²) in [5.74, 6) is 1.49. The van der Waals surface area contributed by atoms with E-state index in [0.717, 1.165) is 55.8 Å². The van der Waals surface area contributed by atoms with E-state index in [1.54, 1.807) is 7.11 Å². The van der Waals surface area contributed by atoms with Crippen molar-refractivity contribution in [3.8, 4) is 11.5 Å². The minimum atomic E-state index is -0.862. The molecule has 0 aliphatic carbocycles. The molecule has 0 spiro atoms. The minimum Gasteiger partial charge on any atom is -0.495 e. The van der Waals surface area contributed by atoms with E-state index in [2.05, 4.69) is 25.7 Å². The third-order valence-electron chi connectivity index (χ3n) is 6.58. The van der Waals surface area contributed by atoms with Gasteiger partial charge < -0.3 is 19.5 Å². The first-order valence-electron chi connectivity index (χ1n) is 11.4. The van der Waals surface area contributed by atoms with Crippen molar-refractivity contribution in [1.29, 1.82) is 0 Å². The van der Waals surface area contributed by atoms with Crippen molar-refractivity contribution in [2.45, 2.75) is 52.1 Å². The number of benzene rings is 2. The molecule has 1 aliphatic heterocycles. The predicted octanol–water partition coefficient (Wildman–Crippen LogP) is 6.34. The molecule has 2 aromatic rings. The molecule has 0 amide bonds. The molecule has 1 heterocycles. The summed E-state index contributed by atoms with van der Waals surface area (Å²) >= 11 is 12.3. The number of nitrogens with zero attached hydrogens (tertiary/aromatic N) is 1. The quantitative estimate of drug-likeness (QED) is 0.425. The Kier molecular flexibility index (Phi) is 8.37. The average Bonchev–Trinajstić information content (AvgIpc) is 2.75. The zero-order valence-corrected chi connectivity index (χ0v) is 21.1. The fourth-order valence-electron chi connectivity index (χ4n) is 4.68. The van der Waals surface area contributed by atoms with Crippen molar-refractivity contribution in [3.05, 3.63) is 57.6 Å². The summed E-state index contributed by atoms with van der Waals surface area (Å²) in [6.07, 6.45) is 3.55. The Morgan fingerprint density at radius 3 is 2.44 bits per heavy atom. The van der Waals surface area contributed by atoms with Gasteiger partial charge in [-0.25, -0.2) is 0 Å². The molecule has 1 aliphatic rings. The highest BCUT2D eigenvalue weighted by Gasteiger charge is 2.48. The summed E-state index contributed by atoms with van der Waals surface area (Å²) < 4.78 is 11.5. The Hall–Kier alpha value is -1.46. The van der Waals surface area contributed by atoms with Gasteiger partial charge in [0.2, 0.25) is 0 Å². The topological polar surface area (TPSA) is 41.9 Å². The molecule has 2 aromatic carbocycles. The van der Waals surface area contributed by atoms with Gasteiger partial charge >= 0.3 is 0 Å². The third-order valence-corrected chi connectivity index (χ3v) is 7.13. The Morgan fingerprint density at radius 2 is 1.81 bits per heavy atom. The van der Waals surface area contributed by atoms with Gasteiger partial charge in [0.25, 0.3) is 0 Å². The van der Waals surface area contributed by atoms with E-state index in [0.29, 0.717) is 28.8 Å². The molecule has 0 saturated carbocycles. The van der Waals surface area contributed by atoms with Gasteiger partial charge in [0.05, 0.1) is 24.3 Å². The highest BCUT2D eigenvalue weighted by atomic mass is 35.5. The molecule has 0 aromatic heterocycles. The lowest BCUT2D eigenvalue weighted by molar-refractivity contribution is -0.125. The highest BCUT2D eigenvalue weighted by molar-refractivity contribution is 6.32. The van der Waals surface area contributed by atoms with Gasteiger partial charge in [-0.1, -0.05) is 62.5 Å². The second-order valence-electron chi connectivity index (χ2n) is 9.32. The molecule has 1 N–H and O–H groups in total. The van der Waals surface area contributed by atoms with E-state index in [4.69, 9.17) is 32.7 Å². The van der Waals surface area contributed by atoms with E-state index in [-0.39, 0.29) is 5.41 Å². The van der Waals surface area contributed by atoms with Crippen molar-refractivity contribution < 1.29 is 14.6 Å². The molecule has 1 unspecified atom stereocenters. The predicted molar refractivity (Wildman–Crippen MR) is 132 cm³/mol. The zero-order chi connectivity index (χ0) is 23.4. The van der Waals surface area contributed by atoms with Crippen molar-refractivity contribution in [2.24, 2.45) is 5.41 Å². The van der Waals surface area contributed by atoms with Crippen LogP contribution in [0.1, 0.15) is 51.2 Å². The molecule has 3 rings (SSSR count). The number of ether oxygens (including phenoxy) is 2. The molecule has 1 fully saturated rings. The number of likely N-dealkylation sites (tertiary alicyclic amines) is 1. The molecular formula is C26H35Cl2NO3. The second-order valence-corrected chi connectivity index (χ2v) is 10.2. The van der Waals surface area contributed by atoms with Crippen LogP contribution in [0.2, 0.25) is 10.0 Å². The fraction of sp³-hybridized carbons (Fsp3) is 0.538. The number of hydrogen-bond acceptors (Lipinski definition) is 4. The lowest BCUT2D eigenvalue weighted by Crippen LogP contribution is -2.55. The van der Waals surface area contributed by atoms with Crippen molar-refractivity contribution in [3.63, 3.8) is 0 Å². The summed E-state index contributed by atoms with van der Waals surface area (Å²) in [5, 5.41) is 12.8. The van der Waals surface area contributed by atoms with Gasteiger partial charge in [-0.15, -0.1) is 0 Å². The number of aliphatic hydroxyl groups is 1. The van der Waals surface area contributed by atoms with E-state index in [1.807, 2.05) is 36.4 Å². The van der Waals surface area contributed by atoms with Gasteiger partial charge in [0.15, 0.2) is 0 Å². The average molecular weight is 480 g/mol. The van der Waals surface area contributed by atoms with Crippen molar-refractivity contribution in [1.82, 2.24) is 4.90 Å². The monoisotopic (exact) mass is 479 g/mol. The van der Waals surface area contributed by atoms with Crippen molar-refractivity contribution in [2.75, 3.05) is 33.4 Å². The number of methoxy groups -OCH3 is 1. The van der Waals surface area contributed by atoms with Gasteiger partial charge in [-0.05, 0) is 48.6 Å². The van der Waals surface area contributed by atoms with Gasteiger partial charge in [-0.2, -0.15) is 0 Å². The standard InChI is InChI=1S/C26H35Cl2NO3/c1-5-7-19-16-22(28)24(31-4)17-23(19)32-15-6-13-29-14-12-26(30,25(2,3)18-29)20-8-10-21(27)11-9-20/h8-11,16-17,30H,5-7,12-15,18H2,1-4H3. The summed E-state index contributed by atoms with van der Waals surface area (Å²) in [6.45, 7) is 9.64. The number of piperidine rings is 1. The number of aryl methyl sites for hydroxylation is 1. The van der Waals surface area contributed by atoms with Gasteiger partial charge in [0, 0.05) is 36.1 Å².